The highest BCUT2D eigenvalue weighted by molar-refractivity contribution is 6.31. The van der Waals surface area contributed by atoms with Gasteiger partial charge in [-0.1, -0.05) is 17.7 Å². The summed E-state index contributed by atoms with van der Waals surface area (Å²) < 4.78 is 18.4. The predicted molar refractivity (Wildman–Crippen MR) is 77.4 cm³/mol. The number of aliphatic hydroxyl groups is 1. The van der Waals surface area contributed by atoms with Crippen LogP contribution in [0.5, 0.6) is 0 Å². The van der Waals surface area contributed by atoms with E-state index in [-0.39, 0.29) is 11.9 Å². The van der Waals surface area contributed by atoms with E-state index in [9.17, 15) is 9.50 Å². The molecule has 112 valence electrons. The molecule has 0 bridgehead atoms. The van der Waals surface area contributed by atoms with Crippen LogP contribution in [0.1, 0.15) is 31.4 Å². The number of halogens is 2. The number of ether oxygens (including phenoxy) is 1. The Balaban J connectivity index is 1.71. The average molecular weight is 302 g/mol. The molecule has 2 rings (SSSR count). The van der Waals surface area contributed by atoms with Crippen molar-refractivity contribution in [2.45, 2.75) is 31.9 Å². The number of nitrogens with one attached hydrogen (secondary N) is 1. The van der Waals surface area contributed by atoms with E-state index in [2.05, 4.69) is 5.32 Å². The Kier molecular flexibility index (Phi) is 5.78. The van der Waals surface area contributed by atoms with Gasteiger partial charge < -0.3 is 15.2 Å². The van der Waals surface area contributed by atoms with Crippen molar-refractivity contribution in [3.05, 3.63) is 34.6 Å². The van der Waals surface area contributed by atoms with Crippen LogP contribution in [0.4, 0.5) is 4.39 Å². The number of aliphatic hydroxyl groups excluding tert-OH is 1. The average Bonchev–Trinajstić information content (AvgIpc) is 3.20. The maximum atomic E-state index is 13.0. The van der Waals surface area contributed by atoms with Crippen molar-refractivity contribution < 1.29 is 14.2 Å². The van der Waals surface area contributed by atoms with Crippen molar-refractivity contribution in [3.8, 4) is 0 Å². The lowest BCUT2D eigenvalue weighted by molar-refractivity contribution is 0.0315. The molecule has 2 atom stereocenters. The second kappa shape index (κ2) is 7.36. The van der Waals surface area contributed by atoms with Crippen molar-refractivity contribution in [2.75, 3.05) is 19.8 Å². The molecule has 0 aromatic heterocycles. The fraction of sp³-hybridized carbons (Fsp3) is 0.600. The summed E-state index contributed by atoms with van der Waals surface area (Å²) in [5, 5.41) is 13.4. The molecule has 0 spiro atoms. The zero-order valence-electron chi connectivity index (χ0n) is 11.6. The van der Waals surface area contributed by atoms with Crippen LogP contribution in [0.25, 0.3) is 0 Å². The lowest BCUT2D eigenvalue weighted by atomic mass is 10.1. The second-order valence-electron chi connectivity index (χ2n) is 5.43. The van der Waals surface area contributed by atoms with E-state index in [4.69, 9.17) is 16.3 Å². The van der Waals surface area contributed by atoms with E-state index in [1.54, 1.807) is 6.07 Å². The summed E-state index contributed by atoms with van der Waals surface area (Å²) in [4.78, 5) is 0. The van der Waals surface area contributed by atoms with Gasteiger partial charge in [0, 0.05) is 24.2 Å². The first kappa shape index (κ1) is 15.7. The molecule has 0 saturated heterocycles. The molecule has 3 nitrogen and oxygen atoms in total. The third kappa shape index (κ3) is 5.02. The van der Waals surface area contributed by atoms with Crippen molar-refractivity contribution in [3.63, 3.8) is 0 Å². The van der Waals surface area contributed by atoms with Gasteiger partial charge in [0.2, 0.25) is 0 Å². The van der Waals surface area contributed by atoms with Gasteiger partial charge in [0.25, 0.3) is 0 Å². The van der Waals surface area contributed by atoms with E-state index in [0.717, 1.165) is 12.2 Å². The van der Waals surface area contributed by atoms with Crippen LogP contribution in [-0.4, -0.2) is 31.0 Å². The van der Waals surface area contributed by atoms with Gasteiger partial charge in [-0.05, 0) is 43.4 Å². The molecular weight excluding hydrogens is 281 g/mol. The van der Waals surface area contributed by atoms with Gasteiger partial charge in [0.15, 0.2) is 0 Å². The van der Waals surface area contributed by atoms with Crippen LogP contribution in [0.3, 0.4) is 0 Å². The van der Waals surface area contributed by atoms with Gasteiger partial charge in [-0.2, -0.15) is 0 Å². The van der Waals surface area contributed by atoms with Crippen LogP contribution in [0.15, 0.2) is 18.2 Å². The molecule has 20 heavy (non-hydrogen) atoms. The van der Waals surface area contributed by atoms with Crippen LogP contribution in [0.2, 0.25) is 5.02 Å². The maximum Gasteiger partial charge on any atom is 0.124 e. The molecule has 1 aliphatic carbocycles. The molecule has 1 aromatic carbocycles. The summed E-state index contributed by atoms with van der Waals surface area (Å²) in [6, 6.07) is 4.28. The van der Waals surface area contributed by atoms with Crippen molar-refractivity contribution in [2.24, 2.45) is 5.92 Å². The Morgan fingerprint density at radius 2 is 2.25 bits per heavy atom. The lowest BCUT2D eigenvalue weighted by Crippen LogP contribution is -2.32. The molecule has 5 heteroatoms. The van der Waals surface area contributed by atoms with Crippen molar-refractivity contribution in [1.82, 2.24) is 5.32 Å². The van der Waals surface area contributed by atoms with Crippen LogP contribution >= 0.6 is 11.6 Å². The zero-order chi connectivity index (χ0) is 14.5. The molecule has 2 N–H and O–H groups in total. The normalized spacial score (nSPS) is 18.0. The summed E-state index contributed by atoms with van der Waals surface area (Å²) in [6.45, 7) is 3.43. The highest BCUT2D eigenvalue weighted by Gasteiger charge is 2.21. The van der Waals surface area contributed by atoms with E-state index >= 15 is 0 Å². The number of hydrogen-bond donors (Lipinski definition) is 2. The molecule has 1 aromatic rings. The minimum atomic E-state index is -0.546. The zero-order valence-corrected chi connectivity index (χ0v) is 12.4. The molecule has 2 unspecified atom stereocenters. The topological polar surface area (TPSA) is 41.5 Å². The smallest absolute Gasteiger partial charge is 0.124 e. The van der Waals surface area contributed by atoms with Crippen molar-refractivity contribution in [1.29, 1.82) is 0 Å². The molecule has 1 fully saturated rings. The molecule has 0 heterocycles. The van der Waals surface area contributed by atoms with E-state index < -0.39 is 6.10 Å². The number of rotatable bonds is 8. The largest absolute Gasteiger partial charge is 0.389 e. The summed E-state index contributed by atoms with van der Waals surface area (Å²) in [7, 11) is 0. The lowest BCUT2D eigenvalue weighted by Gasteiger charge is -2.18. The fourth-order valence-corrected chi connectivity index (χ4v) is 2.32. The van der Waals surface area contributed by atoms with E-state index in [0.29, 0.717) is 24.1 Å². The van der Waals surface area contributed by atoms with Gasteiger partial charge in [-0.25, -0.2) is 4.39 Å². The van der Waals surface area contributed by atoms with Crippen molar-refractivity contribution >= 4 is 11.6 Å². The molecule has 1 saturated carbocycles. The van der Waals surface area contributed by atoms with Crippen LogP contribution in [0, 0.1) is 11.7 Å². The summed E-state index contributed by atoms with van der Waals surface area (Å²) >= 11 is 6.00. The summed E-state index contributed by atoms with van der Waals surface area (Å²) in [6.07, 6.45) is 1.94. The molecule has 0 amide bonds. The summed E-state index contributed by atoms with van der Waals surface area (Å²) in [5.41, 5.74) is 0.819. The van der Waals surface area contributed by atoms with Gasteiger partial charge >= 0.3 is 0 Å². The van der Waals surface area contributed by atoms with Gasteiger partial charge in [-0.15, -0.1) is 0 Å². The van der Waals surface area contributed by atoms with Crippen LogP contribution in [-0.2, 0) is 4.74 Å². The number of benzene rings is 1. The third-order valence-electron chi connectivity index (χ3n) is 3.45. The first-order valence-corrected chi connectivity index (χ1v) is 7.38. The molecular formula is C15H21ClFNO2. The molecule has 1 aliphatic rings. The molecule has 0 radical (unpaired) electrons. The first-order valence-electron chi connectivity index (χ1n) is 7.00. The quantitative estimate of drug-likeness (QED) is 0.776. The third-order valence-corrected chi connectivity index (χ3v) is 3.78. The Bertz CT molecular complexity index is 440. The van der Waals surface area contributed by atoms with Gasteiger partial charge in [-0.3, -0.25) is 0 Å². The monoisotopic (exact) mass is 301 g/mol. The Morgan fingerprint density at radius 1 is 1.50 bits per heavy atom. The van der Waals surface area contributed by atoms with Crippen LogP contribution < -0.4 is 5.32 Å². The summed E-state index contributed by atoms with van der Waals surface area (Å²) in [5.74, 6) is 0.353. The highest BCUT2D eigenvalue weighted by atomic mass is 35.5. The molecule has 0 aliphatic heterocycles. The Morgan fingerprint density at radius 3 is 2.90 bits per heavy atom. The second-order valence-corrected chi connectivity index (χ2v) is 5.84. The van der Waals surface area contributed by atoms with Gasteiger partial charge in [0.05, 0.1) is 12.7 Å². The Hall–Kier alpha value is -0.680. The fourth-order valence-electron chi connectivity index (χ4n) is 1.99. The first-order chi connectivity index (χ1) is 9.56. The van der Waals surface area contributed by atoms with Gasteiger partial charge in [0.1, 0.15) is 5.82 Å². The predicted octanol–water partition coefficient (Wildman–Crippen LogP) is 2.92. The minimum absolute atomic E-state index is 0.0545. The Labute approximate surface area is 124 Å². The SMILES string of the molecule is CC(NCC(O)COCC1CC1)c1ccc(F)cc1Cl. The maximum absolute atomic E-state index is 13.0. The standard InChI is InChI=1S/C15H21ClFNO2/c1-10(14-5-4-12(17)6-15(14)16)18-7-13(19)9-20-8-11-2-3-11/h4-6,10-11,13,18-19H,2-3,7-9H2,1H3. The highest BCUT2D eigenvalue weighted by Crippen LogP contribution is 2.28. The van der Waals surface area contributed by atoms with E-state index in [1.165, 1.54) is 25.0 Å². The number of hydrogen-bond acceptors (Lipinski definition) is 3. The minimum Gasteiger partial charge on any atom is -0.389 e. The van der Waals surface area contributed by atoms with E-state index in [1.807, 2.05) is 6.92 Å².